The van der Waals surface area contributed by atoms with Crippen molar-refractivity contribution in [2.45, 2.75) is 13.5 Å². The maximum absolute atomic E-state index is 8.71. The summed E-state index contributed by atoms with van der Waals surface area (Å²) in [6, 6.07) is 1.91. The molecule has 2 aromatic heterocycles. The molecule has 96 valence electrons. The van der Waals surface area contributed by atoms with Gasteiger partial charge in [0.2, 0.25) is 5.95 Å². The largest absolute Gasteiger partial charge is 0.395 e. The van der Waals surface area contributed by atoms with Gasteiger partial charge in [-0.15, -0.1) is 11.3 Å². The average molecular weight is 265 g/mol. The SMILES string of the molecule is Cc1cc(CNCCO)nc(Nc2nccs2)n1. The molecule has 2 rings (SSSR count). The van der Waals surface area contributed by atoms with Gasteiger partial charge in [0.25, 0.3) is 0 Å². The number of aryl methyl sites for hydroxylation is 1. The van der Waals surface area contributed by atoms with E-state index in [1.165, 1.54) is 11.3 Å². The van der Waals surface area contributed by atoms with E-state index >= 15 is 0 Å². The molecule has 0 unspecified atom stereocenters. The molecule has 3 N–H and O–H groups in total. The maximum atomic E-state index is 8.71. The van der Waals surface area contributed by atoms with Crippen molar-refractivity contribution in [2.24, 2.45) is 0 Å². The summed E-state index contributed by atoms with van der Waals surface area (Å²) in [5, 5.41) is 17.5. The van der Waals surface area contributed by atoms with E-state index in [4.69, 9.17) is 5.11 Å². The molecule has 0 aliphatic rings. The predicted molar refractivity (Wildman–Crippen MR) is 71.0 cm³/mol. The zero-order chi connectivity index (χ0) is 12.8. The molecular formula is C11H15N5OS. The van der Waals surface area contributed by atoms with Crippen LogP contribution in [0.1, 0.15) is 11.4 Å². The van der Waals surface area contributed by atoms with Gasteiger partial charge >= 0.3 is 0 Å². The van der Waals surface area contributed by atoms with Crippen molar-refractivity contribution >= 4 is 22.4 Å². The molecule has 0 radical (unpaired) electrons. The van der Waals surface area contributed by atoms with Crippen LogP contribution in [0.3, 0.4) is 0 Å². The maximum Gasteiger partial charge on any atom is 0.229 e. The first-order valence-electron chi connectivity index (χ1n) is 5.60. The molecule has 0 aliphatic heterocycles. The summed E-state index contributed by atoms with van der Waals surface area (Å²) >= 11 is 1.50. The van der Waals surface area contributed by atoms with E-state index in [-0.39, 0.29) is 6.61 Å². The molecule has 0 saturated carbocycles. The fourth-order valence-corrected chi connectivity index (χ4v) is 1.98. The second kappa shape index (κ2) is 6.39. The standard InChI is InChI=1S/C11H15N5OS/c1-8-6-9(7-12-2-4-17)15-10(14-8)16-11-13-3-5-18-11/h3,5-6,12,17H,2,4,7H2,1H3,(H,13,14,15,16). The number of aliphatic hydroxyl groups is 1. The summed E-state index contributed by atoms with van der Waals surface area (Å²) in [5.74, 6) is 0.547. The van der Waals surface area contributed by atoms with Crippen LogP contribution in [0.4, 0.5) is 11.1 Å². The van der Waals surface area contributed by atoms with Crippen LogP contribution < -0.4 is 10.6 Å². The second-order valence-electron chi connectivity index (χ2n) is 3.69. The van der Waals surface area contributed by atoms with Crippen molar-refractivity contribution in [1.82, 2.24) is 20.3 Å². The van der Waals surface area contributed by atoms with E-state index in [1.807, 2.05) is 18.4 Å². The molecule has 0 atom stereocenters. The van der Waals surface area contributed by atoms with Crippen LogP contribution in [0.25, 0.3) is 0 Å². The van der Waals surface area contributed by atoms with Gasteiger partial charge in [0, 0.05) is 30.4 Å². The predicted octanol–water partition coefficient (Wildman–Crippen LogP) is 1.07. The first kappa shape index (κ1) is 12.9. The average Bonchev–Trinajstić information content (AvgIpc) is 2.81. The summed E-state index contributed by atoms with van der Waals surface area (Å²) in [4.78, 5) is 12.8. The number of hydrogen-bond acceptors (Lipinski definition) is 7. The van der Waals surface area contributed by atoms with Crippen molar-refractivity contribution in [3.8, 4) is 0 Å². The van der Waals surface area contributed by atoms with Gasteiger partial charge in [-0.3, -0.25) is 0 Å². The Morgan fingerprint density at radius 2 is 2.28 bits per heavy atom. The van der Waals surface area contributed by atoms with E-state index in [9.17, 15) is 0 Å². The monoisotopic (exact) mass is 265 g/mol. The van der Waals surface area contributed by atoms with Crippen LogP contribution in [0.15, 0.2) is 17.6 Å². The summed E-state index contributed by atoms with van der Waals surface area (Å²) in [5.41, 5.74) is 1.78. The number of aliphatic hydroxyl groups excluding tert-OH is 1. The van der Waals surface area contributed by atoms with Gasteiger partial charge in [-0.05, 0) is 13.0 Å². The van der Waals surface area contributed by atoms with E-state index in [2.05, 4.69) is 25.6 Å². The molecule has 0 spiro atoms. The molecule has 0 amide bonds. The van der Waals surface area contributed by atoms with Gasteiger partial charge in [0.1, 0.15) is 0 Å². The highest BCUT2D eigenvalue weighted by Crippen LogP contribution is 2.15. The van der Waals surface area contributed by atoms with Crippen molar-refractivity contribution in [2.75, 3.05) is 18.5 Å². The van der Waals surface area contributed by atoms with Crippen LogP contribution in [-0.4, -0.2) is 33.2 Å². The normalized spacial score (nSPS) is 10.6. The van der Waals surface area contributed by atoms with E-state index in [0.29, 0.717) is 19.0 Å². The Morgan fingerprint density at radius 1 is 1.39 bits per heavy atom. The zero-order valence-corrected chi connectivity index (χ0v) is 10.9. The van der Waals surface area contributed by atoms with Crippen LogP contribution >= 0.6 is 11.3 Å². The number of nitrogens with zero attached hydrogens (tertiary/aromatic N) is 3. The fourth-order valence-electron chi connectivity index (χ4n) is 1.46. The molecule has 6 nitrogen and oxygen atoms in total. The molecule has 0 bridgehead atoms. The van der Waals surface area contributed by atoms with E-state index < -0.39 is 0 Å². The van der Waals surface area contributed by atoms with Crippen LogP contribution in [-0.2, 0) is 6.54 Å². The van der Waals surface area contributed by atoms with Crippen molar-refractivity contribution in [3.05, 3.63) is 29.0 Å². The van der Waals surface area contributed by atoms with Gasteiger partial charge in [0.05, 0.1) is 12.3 Å². The number of hydrogen-bond donors (Lipinski definition) is 3. The third-order valence-corrected chi connectivity index (χ3v) is 2.84. The van der Waals surface area contributed by atoms with Gasteiger partial charge in [0.15, 0.2) is 5.13 Å². The van der Waals surface area contributed by atoms with Gasteiger partial charge < -0.3 is 15.7 Å². The Kier molecular flexibility index (Phi) is 4.57. The van der Waals surface area contributed by atoms with Gasteiger partial charge in [-0.25, -0.2) is 15.0 Å². The first-order valence-corrected chi connectivity index (χ1v) is 6.48. The number of thiazole rings is 1. The quantitative estimate of drug-likeness (QED) is 0.678. The Hall–Kier alpha value is -1.57. The number of nitrogens with one attached hydrogen (secondary N) is 2. The highest BCUT2D eigenvalue weighted by atomic mass is 32.1. The topological polar surface area (TPSA) is 83.0 Å². The highest BCUT2D eigenvalue weighted by Gasteiger charge is 2.03. The minimum absolute atomic E-state index is 0.119. The minimum Gasteiger partial charge on any atom is -0.395 e. The third kappa shape index (κ3) is 3.73. The Labute approximate surface area is 109 Å². The molecule has 7 heteroatoms. The number of rotatable bonds is 6. The van der Waals surface area contributed by atoms with Crippen LogP contribution in [0.5, 0.6) is 0 Å². The molecule has 2 aromatic rings. The van der Waals surface area contributed by atoms with Crippen LogP contribution in [0.2, 0.25) is 0 Å². The lowest BCUT2D eigenvalue weighted by atomic mass is 10.3. The summed E-state index contributed by atoms with van der Waals surface area (Å²) in [7, 11) is 0. The third-order valence-electron chi connectivity index (χ3n) is 2.15. The van der Waals surface area contributed by atoms with Crippen LogP contribution in [0, 0.1) is 6.92 Å². The molecule has 0 saturated heterocycles. The highest BCUT2D eigenvalue weighted by molar-refractivity contribution is 7.13. The number of aromatic nitrogens is 3. The smallest absolute Gasteiger partial charge is 0.229 e. The Bertz CT molecular complexity index is 488. The van der Waals surface area contributed by atoms with Gasteiger partial charge in [-0.2, -0.15) is 0 Å². The van der Waals surface area contributed by atoms with Crippen molar-refractivity contribution in [3.63, 3.8) is 0 Å². The number of anilines is 2. The zero-order valence-electron chi connectivity index (χ0n) is 10.1. The van der Waals surface area contributed by atoms with Crippen molar-refractivity contribution < 1.29 is 5.11 Å². The van der Waals surface area contributed by atoms with E-state index in [1.54, 1.807) is 6.20 Å². The second-order valence-corrected chi connectivity index (χ2v) is 4.58. The molecule has 0 aliphatic carbocycles. The van der Waals surface area contributed by atoms with Gasteiger partial charge in [-0.1, -0.05) is 0 Å². The fraction of sp³-hybridized carbons (Fsp3) is 0.364. The van der Waals surface area contributed by atoms with E-state index in [0.717, 1.165) is 16.5 Å². The molecule has 18 heavy (non-hydrogen) atoms. The lowest BCUT2D eigenvalue weighted by Gasteiger charge is -2.06. The summed E-state index contributed by atoms with van der Waals surface area (Å²) < 4.78 is 0. The Morgan fingerprint density at radius 3 is 3.00 bits per heavy atom. The Balaban J connectivity index is 2.06. The summed E-state index contributed by atoms with van der Waals surface area (Å²) in [6.07, 6.45) is 1.73. The molecule has 0 fully saturated rings. The minimum atomic E-state index is 0.119. The lowest BCUT2D eigenvalue weighted by Crippen LogP contribution is -2.18. The summed E-state index contributed by atoms with van der Waals surface area (Å²) in [6.45, 7) is 3.20. The lowest BCUT2D eigenvalue weighted by molar-refractivity contribution is 0.291. The molecule has 2 heterocycles. The van der Waals surface area contributed by atoms with Crippen molar-refractivity contribution in [1.29, 1.82) is 0 Å². The molecular weight excluding hydrogens is 250 g/mol. The molecule has 0 aromatic carbocycles. The first-order chi connectivity index (χ1) is 8.78.